The number of amidine groups is 1. The topological polar surface area (TPSA) is 96.7 Å². The molecule has 2 amide bonds. The van der Waals surface area contributed by atoms with Gasteiger partial charge in [-0.15, -0.1) is 22.0 Å². The Morgan fingerprint density at radius 2 is 2.00 bits per heavy atom. The number of hydrogen-bond acceptors (Lipinski definition) is 8. The van der Waals surface area contributed by atoms with E-state index in [4.69, 9.17) is 0 Å². The van der Waals surface area contributed by atoms with Crippen molar-refractivity contribution in [3.8, 4) is 0 Å². The molecule has 1 aromatic rings. The molecule has 0 saturated carbocycles. The third-order valence-electron chi connectivity index (χ3n) is 3.78. The van der Waals surface area contributed by atoms with Crippen LogP contribution in [-0.4, -0.2) is 44.4 Å². The number of anilines is 1. The van der Waals surface area contributed by atoms with Crippen LogP contribution >= 0.6 is 34.9 Å². The Kier molecular flexibility index (Phi) is 6.48. The van der Waals surface area contributed by atoms with Crippen LogP contribution in [0.25, 0.3) is 0 Å². The van der Waals surface area contributed by atoms with Gasteiger partial charge >= 0.3 is 0 Å². The van der Waals surface area contributed by atoms with Gasteiger partial charge in [0.2, 0.25) is 11.0 Å². The first-order valence-corrected chi connectivity index (χ1v) is 11.4. The monoisotopic (exact) mass is 423 g/mol. The maximum Gasteiger partial charge on any atom is 0.261 e. The SMILES string of the molecule is CC(C)C1=CC2C(=O)N=C(CSCC(=O)Nc3nnc(C(C)C)s3)N=C2S1. The zero-order valence-corrected chi connectivity index (χ0v) is 18.0. The van der Waals surface area contributed by atoms with Crippen LogP contribution in [0.2, 0.25) is 0 Å². The van der Waals surface area contributed by atoms with Crippen molar-refractivity contribution in [1.82, 2.24) is 10.2 Å². The van der Waals surface area contributed by atoms with Crippen molar-refractivity contribution in [2.75, 3.05) is 16.8 Å². The summed E-state index contributed by atoms with van der Waals surface area (Å²) >= 11 is 4.32. The minimum Gasteiger partial charge on any atom is -0.300 e. The second-order valence-electron chi connectivity index (χ2n) is 6.76. The van der Waals surface area contributed by atoms with Crippen molar-refractivity contribution in [2.45, 2.75) is 33.6 Å². The van der Waals surface area contributed by atoms with Gasteiger partial charge in [0.25, 0.3) is 5.91 Å². The number of carbonyl (C=O) groups is 2. The van der Waals surface area contributed by atoms with Gasteiger partial charge in [0.05, 0.1) is 16.5 Å². The lowest BCUT2D eigenvalue weighted by Crippen LogP contribution is -2.24. The third-order valence-corrected chi connectivity index (χ3v) is 7.24. The largest absolute Gasteiger partial charge is 0.300 e. The normalized spacial score (nSPS) is 19.1. The maximum atomic E-state index is 12.2. The molecule has 10 heteroatoms. The smallest absolute Gasteiger partial charge is 0.261 e. The second-order valence-corrected chi connectivity index (χ2v) is 9.85. The minimum absolute atomic E-state index is 0.154. The molecule has 1 N–H and O–H groups in total. The zero-order valence-electron chi connectivity index (χ0n) is 15.6. The van der Waals surface area contributed by atoms with E-state index in [1.54, 1.807) is 11.8 Å². The van der Waals surface area contributed by atoms with Crippen LogP contribution in [-0.2, 0) is 9.59 Å². The lowest BCUT2D eigenvalue weighted by Gasteiger charge is -2.12. The minimum atomic E-state index is -0.322. The molecule has 144 valence electrons. The van der Waals surface area contributed by atoms with Crippen molar-refractivity contribution >= 4 is 62.7 Å². The second kappa shape index (κ2) is 8.66. The molecule has 3 rings (SSSR count). The average molecular weight is 424 g/mol. The summed E-state index contributed by atoms with van der Waals surface area (Å²) in [6.07, 6.45) is 1.96. The summed E-state index contributed by atoms with van der Waals surface area (Å²) < 4.78 is 0. The number of fused-ring (bicyclic) bond motifs is 1. The Hall–Kier alpha value is -1.52. The van der Waals surface area contributed by atoms with E-state index >= 15 is 0 Å². The van der Waals surface area contributed by atoms with Gasteiger partial charge in [-0.05, 0) is 10.8 Å². The molecule has 2 aliphatic heterocycles. The van der Waals surface area contributed by atoms with E-state index in [0.717, 1.165) is 15.0 Å². The van der Waals surface area contributed by atoms with Crippen molar-refractivity contribution in [3.63, 3.8) is 0 Å². The number of allylic oxidation sites excluding steroid dienone is 1. The lowest BCUT2D eigenvalue weighted by atomic mass is 10.1. The summed E-state index contributed by atoms with van der Waals surface area (Å²) in [7, 11) is 0. The highest BCUT2D eigenvalue weighted by Gasteiger charge is 2.34. The van der Waals surface area contributed by atoms with E-state index in [2.05, 4.69) is 39.3 Å². The first-order chi connectivity index (χ1) is 12.8. The Morgan fingerprint density at radius 3 is 2.67 bits per heavy atom. The zero-order chi connectivity index (χ0) is 19.6. The van der Waals surface area contributed by atoms with Crippen LogP contribution in [0.1, 0.15) is 38.6 Å². The van der Waals surface area contributed by atoms with Gasteiger partial charge in [-0.2, -0.15) is 4.99 Å². The third kappa shape index (κ3) is 5.05. The van der Waals surface area contributed by atoms with Gasteiger partial charge in [-0.3, -0.25) is 14.9 Å². The number of carbonyl (C=O) groups excluding carboxylic acids is 2. The molecule has 0 aromatic carbocycles. The van der Waals surface area contributed by atoms with E-state index in [0.29, 0.717) is 22.6 Å². The molecule has 1 aromatic heterocycles. The Labute approximate surface area is 170 Å². The molecule has 3 heterocycles. The lowest BCUT2D eigenvalue weighted by molar-refractivity contribution is -0.118. The summed E-state index contributed by atoms with van der Waals surface area (Å²) in [6, 6.07) is 0. The molecule has 7 nitrogen and oxygen atoms in total. The number of aliphatic imine (C=N–C) groups is 2. The summed E-state index contributed by atoms with van der Waals surface area (Å²) in [6.45, 7) is 8.25. The standard InChI is InChI=1S/C17H21N5O2S3/c1-8(2)11-5-10-14(24)18-12(19-16(10)26-11)6-25-7-13(23)20-17-22-21-15(27-17)9(3)4/h5,8-10H,6-7H2,1-4H3,(H,20,22,23). The van der Waals surface area contributed by atoms with E-state index in [9.17, 15) is 9.59 Å². The first kappa shape index (κ1) is 20.2. The van der Waals surface area contributed by atoms with Crippen molar-refractivity contribution < 1.29 is 9.59 Å². The van der Waals surface area contributed by atoms with Gasteiger partial charge in [-0.25, -0.2) is 4.99 Å². The van der Waals surface area contributed by atoms with Crippen LogP contribution in [0.4, 0.5) is 5.13 Å². The van der Waals surface area contributed by atoms with Crippen LogP contribution in [0.5, 0.6) is 0 Å². The molecule has 0 radical (unpaired) electrons. The van der Waals surface area contributed by atoms with Gasteiger partial charge in [0, 0.05) is 5.92 Å². The fourth-order valence-corrected chi connectivity index (χ4v) is 4.92. The Morgan fingerprint density at radius 1 is 1.22 bits per heavy atom. The summed E-state index contributed by atoms with van der Waals surface area (Å²) in [5, 5.41) is 13.0. The molecule has 0 saturated heterocycles. The van der Waals surface area contributed by atoms with E-state index in [-0.39, 0.29) is 29.4 Å². The van der Waals surface area contributed by atoms with E-state index < -0.39 is 0 Å². The summed E-state index contributed by atoms with van der Waals surface area (Å²) in [5.41, 5.74) is 0. The maximum absolute atomic E-state index is 12.2. The number of nitrogens with zero attached hydrogens (tertiary/aromatic N) is 4. The van der Waals surface area contributed by atoms with Gasteiger partial charge in [0.1, 0.15) is 16.8 Å². The van der Waals surface area contributed by atoms with E-state index in [1.807, 2.05) is 19.9 Å². The fourth-order valence-electron chi connectivity index (χ4n) is 2.36. The highest BCUT2D eigenvalue weighted by molar-refractivity contribution is 8.17. The Bertz CT molecular complexity index is 841. The van der Waals surface area contributed by atoms with Crippen LogP contribution < -0.4 is 5.32 Å². The highest BCUT2D eigenvalue weighted by atomic mass is 32.2. The molecule has 0 bridgehead atoms. The Balaban J connectivity index is 1.49. The average Bonchev–Trinajstić information content (AvgIpc) is 3.22. The molecule has 0 aliphatic carbocycles. The number of nitrogens with one attached hydrogen (secondary N) is 1. The fraction of sp³-hybridized carbons (Fsp3) is 0.529. The van der Waals surface area contributed by atoms with Crippen molar-refractivity contribution in [2.24, 2.45) is 21.8 Å². The molecule has 27 heavy (non-hydrogen) atoms. The predicted octanol–water partition coefficient (Wildman–Crippen LogP) is 3.57. The predicted molar refractivity (Wildman–Crippen MR) is 114 cm³/mol. The van der Waals surface area contributed by atoms with Crippen LogP contribution in [0, 0.1) is 11.8 Å². The van der Waals surface area contributed by atoms with Crippen LogP contribution in [0.3, 0.4) is 0 Å². The molecule has 2 aliphatic rings. The summed E-state index contributed by atoms with van der Waals surface area (Å²) in [4.78, 5) is 34.0. The van der Waals surface area contributed by atoms with Gasteiger partial charge in [0.15, 0.2) is 0 Å². The molecule has 0 fully saturated rings. The summed E-state index contributed by atoms with van der Waals surface area (Å²) in [5.74, 6) is 1.14. The molecular weight excluding hydrogens is 402 g/mol. The van der Waals surface area contributed by atoms with Crippen molar-refractivity contribution in [3.05, 3.63) is 16.0 Å². The van der Waals surface area contributed by atoms with Gasteiger partial charge < -0.3 is 0 Å². The van der Waals surface area contributed by atoms with Crippen LogP contribution in [0.15, 0.2) is 21.0 Å². The molecule has 1 atom stereocenters. The molecular formula is C17H21N5O2S3. The van der Waals surface area contributed by atoms with Gasteiger partial charge in [-0.1, -0.05) is 56.9 Å². The quantitative estimate of drug-likeness (QED) is 0.720. The highest BCUT2D eigenvalue weighted by Crippen LogP contribution is 2.38. The number of thioether (sulfide) groups is 2. The molecule has 0 spiro atoms. The number of rotatable bonds is 7. The number of amides is 2. The number of hydrogen-bond donors (Lipinski definition) is 1. The number of aromatic nitrogens is 2. The van der Waals surface area contributed by atoms with Crippen molar-refractivity contribution in [1.29, 1.82) is 0 Å². The van der Waals surface area contributed by atoms with E-state index in [1.165, 1.54) is 23.1 Å². The molecule has 1 unspecified atom stereocenters. The first-order valence-electron chi connectivity index (χ1n) is 8.64.